The van der Waals surface area contributed by atoms with E-state index in [4.69, 9.17) is 28.4 Å². The Labute approximate surface area is 214 Å². The van der Waals surface area contributed by atoms with Gasteiger partial charge < -0.3 is 28.4 Å². The van der Waals surface area contributed by atoms with Gasteiger partial charge in [0.15, 0.2) is 18.3 Å². The Kier molecular flexibility index (Phi) is 8.88. The lowest BCUT2D eigenvalue weighted by molar-refractivity contribution is -0.245. The Balaban J connectivity index is 2.27. The van der Waals surface area contributed by atoms with Crippen molar-refractivity contribution in [3.63, 3.8) is 0 Å². The quantitative estimate of drug-likeness (QED) is 0.308. The second-order valence-electron chi connectivity index (χ2n) is 8.50. The predicted octanol–water partition coefficient (Wildman–Crippen LogP) is 3.54. The zero-order valence-electron chi connectivity index (χ0n) is 21.5. The van der Waals surface area contributed by atoms with Crippen molar-refractivity contribution >= 4 is 23.9 Å². The molecule has 0 aromatic heterocycles. The Morgan fingerprint density at radius 2 is 1.30 bits per heavy atom. The van der Waals surface area contributed by atoms with Crippen molar-refractivity contribution in [1.29, 1.82) is 0 Å². The molecule has 0 amide bonds. The van der Waals surface area contributed by atoms with Gasteiger partial charge in [0, 0.05) is 33.3 Å². The molecule has 0 radical (unpaired) electrons. The SMILES string of the molecule is COc1c(-c2ccccc2)ccc(OC(C)=O)c1[C@H]1O[C@@H](C)[C@@H](OC(C)=O)[C@@H](OC(C)=O)[C@@H]1OC(C)=O. The Morgan fingerprint density at radius 1 is 0.730 bits per heavy atom. The number of ether oxygens (including phenoxy) is 6. The summed E-state index contributed by atoms with van der Waals surface area (Å²) in [6.07, 6.45) is -5.55. The molecule has 2 aromatic rings. The van der Waals surface area contributed by atoms with Gasteiger partial charge >= 0.3 is 23.9 Å². The highest BCUT2D eigenvalue weighted by Gasteiger charge is 2.52. The molecule has 37 heavy (non-hydrogen) atoms. The van der Waals surface area contributed by atoms with Crippen LogP contribution in [0.5, 0.6) is 11.5 Å². The second kappa shape index (κ2) is 11.9. The molecular weight excluding hydrogens is 484 g/mol. The normalized spacial score (nSPS) is 22.9. The van der Waals surface area contributed by atoms with Crippen molar-refractivity contribution in [2.24, 2.45) is 0 Å². The minimum absolute atomic E-state index is 0.103. The lowest BCUT2D eigenvalue weighted by Gasteiger charge is -2.44. The molecule has 2 aromatic carbocycles. The molecule has 3 rings (SSSR count). The average Bonchev–Trinajstić information content (AvgIpc) is 2.82. The maximum Gasteiger partial charge on any atom is 0.308 e. The number of benzene rings is 2. The van der Waals surface area contributed by atoms with Crippen molar-refractivity contribution in [2.75, 3.05) is 7.11 Å². The number of carbonyl (C=O) groups is 4. The van der Waals surface area contributed by atoms with E-state index >= 15 is 0 Å². The van der Waals surface area contributed by atoms with Gasteiger partial charge in [0.05, 0.1) is 18.8 Å². The van der Waals surface area contributed by atoms with Crippen molar-refractivity contribution < 1.29 is 47.6 Å². The molecule has 1 fully saturated rings. The first-order chi connectivity index (χ1) is 17.5. The molecule has 1 aliphatic heterocycles. The minimum Gasteiger partial charge on any atom is -0.496 e. The molecule has 10 heteroatoms. The zero-order chi connectivity index (χ0) is 27.3. The van der Waals surface area contributed by atoms with E-state index in [1.165, 1.54) is 34.8 Å². The summed E-state index contributed by atoms with van der Waals surface area (Å²) >= 11 is 0. The minimum atomic E-state index is -1.28. The van der Waals surface area contributed by atoms with E-state index in [0.717, 1.165) is 5.56 Å². The topological polar surface area (TPSA) is 124 Å². The molecule has 0 saturated carbocycles. The van der Waals surface area contributed by atoms with Gasteiger partial charge in [0.25, 0.3) is 0 Å². The predicted molar refractivity (Wildman–Crippen MR) is 130 cm³/mol. The third-order valence-corrected chi connectivity index (χ3v) is 5.66. The second-order valence-corrected chi connectivity index (χ2v) is 8.50. The first-order valence-corrected chi connectivity index (χ1v) is 11.6. The van der Waals surface area contributed by atoms with Crippen LogP contribution < -0.4 is 9.47 Å². The first-order valence-electron chi connectivity index (χ1n) is 11.6. The van der Waals surface area contributed by atoms with Crippen LogP contribution in [0.1, 0.15) is 46.3 Å². The Hall–Kier alpha value is -3.92. The smallest absolute Gasteiger partial charge is 0.308 e. The molecule has 0 spiro atoms. The highest BCUT2D eigenvalue weighted by Crippen LogP contribution is 2.48. The van der Waals surface area contributed by atoms with Crippen LogP contribution in [0.2, 0.25) is 0 Å². The molecule has 0 N–H and O–H groups in total. The van der Waals surface area contributed by atoms with E-state index in [2.05, 4.69) is 0 Å². The number of methoxy groups -OCH3 is 1. The van der Waals surface area contributed by atoms with Crippen LogP contribution in [0.25, 0.3) is 11.1 Å². The maximum atomic E-state index is 12.2. The summed E-state index contributed by atoms with van der Waals surface area (Å²) in [4.78, 5) is 48.1. The summed E-state index contributed by atoms with van der Waals surface area (Å²) in [5.41, 5.74) is 1.71. The van der Waals surface area contributed by atoms with Crippen molar-refractivity contribution in [3.8, 4) is 22.6 Å². The summed E-state index contributed by atoms with van der Waals surface area (Å²) < 4.78 is 34.1. The fourth-order valence-electron chi connectivity index (χ4n) is 4.41. The lowest BCUT2D eigenvalue weighted by Crippen LogP contribution is -2.57. The van der Waals surface area contributed by atoms with Crippen molar-refractivity contribution in [1.82, 2.24) is 0 Å². The fourth-order valence-corrected chi connectivity index (χ4v) is 4.41. The van der Waals surface area contributed by atoms with E-state index in [-0.39, 0.29) is 11.3 Å². The largest absolute Gasteiger partial charge is 0.496 e. The van der Waals surface area contributed by atoms with E-state index < -0.39 is 54.4 Å². The summed E-state index contributed by atoms with van der Waals surface area (Å²) in [6, 6.07) is 12.6. The van der Waals surface area contributed by atoms with Gasteiger partial charge in [-0.15, -0.1) is 0 Å². The van der Waals surface area contributed by atoms with E-state index in [9.17, 15) is 19.2 Å². The summed E-state index contributed by atoms with van der Waals surface area (Å²) in [5, 5.41) is 0. The molecule has 0 unspecified atom stereocenters. The van der Waals surface area contributed by atoms with Crippen LogP contribution in [0, 0.1) is 0 Å². The molecule has 1 aliphatic rings. The molecular formula is C27H30O10. The zero-order valence-corrected chi connectivity index (χ0v) is 21.5. The van der Waals surface area contributed by atoms with Gasteiger partial charge in [-0.3, -0.25) is 19.2 Å². The van der Waals surface area contributed by atoms with E-state index in [1.807, 2.05) is 30.3 Å². The standard InChI is InChI=1S/C27H30O10/c1-14-23(35-16(3)29)26(36-17(4)30)27(37-18(5)31)25(33-14)22-21(34-15(2)28)13-12-20(24(22)32-6)19-10-8-7-9-11-19/h7-14,23,25-27H,1-6H3/t14-,23+,25+,26+,27+/m0/s1. The first kappa shape index (κ1) is 27.7. The monoisotopic (exact) mass is 514 g/mol. The van der Waals surface area contributed by atoms with Crippen LogP contribution in [-0.2, 0) is 38.1 Å². The Bertz CT molecular complexity index is 1160. The van der Waals surface area contributed by atoms with Crippen LogP contribution in [-0.4, -0.2) is 55.4 Å². The summed E-state index contributed by atoms with van der Waals surface area (Å²) in [5.74, 6) is -2.21. The van der Waals surface area contributed by atoms with Gasteiger partial charge in [0.1, 0.15) is 17.6 Å². The highest BCUT2D eigenvalue weighted by atomic mass is 16.6. The van der Waals surface area contributed by atoms with Gasteiger partial charge in [-0.2, -0.15) is 0 Å². The number of esters is 4. The van der Waals surface area contributed by atoms with Crippen LogP contribution >= 0.6 is 0 Å². The third kappa shape index (κ3) is 6.45. The third-order valence-electron chi connectivity index (χ3n) is 5.66. The Morgan fingerprint density at radius 3 is 1.84 bits per heavy atom. The maximum absolute atomic E-state index is 12.2. The van der Waals surface area contributed by atoms with Crippen LogP contribution in [0.3, 0.4) is 0 Å². The highest BCUT2D eigenvalue weighted by molar-refractivity contribution is 5.77. The summed E-state index contributed by atoms with van der Waals surface area (Å²) in [7, 11) is 1.45. The van der Waals surface area contributed by atoms with Gasteiger partial charge in [-0.1, -0.05) is 30.3 Å². The average molecular weight is 515 g/mol. The molecule has 198 valence electrons. The molecule has 1 saturated heterocycles. The van der Waals surface area contributed by atoms with E-state index in [1.54, 1.807) is 19.1 Å². The van der Waals surface area contributed by atoms with E-state index in [0.29, 0.717) is 11.3 Å². The molecule has 1 heterocycles. The molecule has 5 atom stereocenters. The number of hydrogen-bond acceptors (Lipinski definition) is 10. The van der Waals surface area contributed by atoms with Gasteiger partial charge in [0.2, 0.25) is 0 Å². The van der Waals surface area contributed by atoms with Crippen LogP contribution in [0.4, 0.5) is 0 Å². The number of hydrogen-bond donors (Lipinski definition) is 0. The number of rotatable bonds is 7. The lowest BCUT2D eigenvalue weighted by atomic mass is 9.88. The molecule has 0 bridgehead atoms. The van der Waals surface area contributed by atoms with Crippen LogP contribution in [0.15, 0.2) is 42.5 Å². The molecule has 0 aliphatic carbocycles. The number of carbonyl (C=O) groups excluding carboxylic acids is 4. The summed E-state index contributed by atoms with van der Waals surface area (Å²) in [6.45, 7) is 6.44. The fraction of sp³-hybridized carbons (Fsp3) is 0.407. The molecule has 10 nitrogen and oxygen atoms in total. The van der Waals surface area contributed by atoms with Gasteiger partial charge in [-0.05, 0) is 24.6 Å². The van der Waals surface area contributed by atoms with Crippen molar-refractivity contribution in [3.05, 3.63) is 48.0 Å². The van der Waals surface area contributed by atoms with Gasteiger partial charge in [-0.25, -0.2) is 0 Å². The van der Waals surface area contributed by atoms with Crippen molar-refractivity contribution in [2.45, 2.75) is 65.1 Å².